The van der Waals surface area contributed by atoms with Crippen molar-refractivity contribution in [2.45, 2.75) is 31.5 Å². The molecule has 9 nitrogen and oxygen atoms in total. The maximum absolute atomic E-state index is 12.8. The van der Waals surface area contributed by atoms with Crippen LogP contribution in [-0.2, 0) is 27.8 Å². The number of amides is 1. The van der Waals surface area contributed by atoms with Crippen molar-refractivity contribution in [1.82, 2.24) is 20.5 Å². The number of methoxy groups -OCH3 is 2. The Labute approximate surface area is 194 Å². The second-order valence-electron chi connectivity index (χ2n) is 8.23. The van der Waals surface area contributed by atoms with E-state index < -0.39 is 16.1 Å². The molecule has 2 aliphatic rings. The Morgan fingerprint density at radius 3 is 2.67 bits per heavy atom. The molecular weight excluding hydrogens is 444 g/mol. The molecule has 2 aromatic carbocycles. The molecule has 1 saturated heterocycles. The molecule has 2 aliphatic heterocycles. The molecule has 10 heteroatoms. The summed E-state index contributed by atoms with van der Waals surface area (Å²) in [5.74, 6) is 1.17. The fraction of sp³-hybridized carbons (Fsp3) is 0.435. The first-order chi connectivity index (χ1) is 15.9. The molecule has 3 N–H and O–H groups in total. The van der Waals surface area contributed by atoms with Gasteiger partial charge in [-0.3, -0.25) is 4.79 Å². The highest BCUT2D eigenvalue weighted by Crippen LogP contribution is 2.26. The van der Waals surface area contributed by atoms with Crippen molar-refractivity contribution in [1.29, 1.82) is 0 Å². The molecule has 0 spiro atoms. The summed E-state index contributed by atoms with van der Waals surface area (Å²) in [6, 6.07) is 12.9. The van der Waals surface area contributed by atoms with Crippen LogP contribution in [-0.4, -0.2) is 57.7 Å². The third kappa shape index (κ3) is 5.47. The van der Waals surface area contributed by atoms with Gasteiger partial charge in [-0.1, -0.05) is 18.2 Å². The monoisotopic (exact) mass is 474 g/mol. The van der Waals surface area contributed by atoms with Crippen molar-refractivity contribution < 1.29 is 22.7 Å². The van der Waals surface area contributed by atoms with E-state index in [4.69, 9.17) is 9.47 Å². The van der Waals surface area contributed by atoms with E-state index in [0.29, 0.717) is 25.9 Å². The van der Waals surface area contributed by atoms with Crippen LogP contribution >= 0.6 is 0 Å². The van der Waals surface area contributed by atoms with Crippen LogP contribution in [0.3, 0.4) is 0 Å². The maximum atomic E-state index is 12.8. The van der Waals surface area contributed by atoms with Crippen LogP contribution < -0.4 is 25.6 Å². The summed E-state index contributed by atoms with van der Waals surface area (Å²) >= 11 is 0. The Hall–Kier alpha value is -2.66. The van der Waals surface area contributed by atoms with Crippen molar-refractivity contribution >= 4 is 15.9 Å². The van der Waals surface area contributed by atoms with Gasteiger partial charge in [0.25, 0.3) is 0 Å². The molecule has 0 aliphatic carbocycles. The fourth-order valence-corrected chi connectivity index (χ4v) is 5.55. The first kappa shape index (κ1) is 23.5. The summed E-state index contributed by atoms with van der Waals surface area (Å²) in [6.07, 6.45) is 1.19. The van der Waals surface area contributed by atoms with E-state index in [0.717, 1.165) is 28.2 Å². The second kappa shape index (κ2) is 10.1. The molecule has 0 radical (unpaired) electrons. The van der Waals surface area contributed by atoms with E-state index in [1.807, 2.05) is 42.5 Å². The van der Waals surface area contributed by atoms with Gasteiger partial charge in [0.1, 0.15) is 17.5 Å². The zero-order valence-electron chi connectivity index (χ0n) is 18.8. The zero-order valence-corrected chi connectivity index (χ0v) is 19.7. The highest BCUT2D eigenvalue weighted by atomic mass is 32.2. The van der Waals surface area contributed by atoms with Gasteiger partial charge in [-0.2, -0.15) is 4.31 Å². The van der Waals surface area contributed by atoms with Crippen LogP contribution in [0.2, 0.25) is 0 Å². The average Bonchev–Trinajstić information content (AvgIpc) is 3.34. The summed E-state index contributed by atoms with van der Waals surface area (Å²) in [6.45, 7) is 0.827. The molecule has 1 amide bonds. The predicted molar refractivity (Wildman–Crippen MR) is 124 cm³/mol. The lowest BCUT2D eigenvalue weighted by Gasteiger charge is -2.28. The molecule has 1 fully saturated rings. The second-order valence-corrected chi connectivity index (χ2v) is 10.3. The first-order valence-corrected chi connectivity index (χ1v) is 12.6. The lowest BCUT2D eigenvalue weighted by atomic mass is 10.0. The van der Waals surface area contributed by atoms with Crippen molar-refractivity contribution in [3.63, 3.8) is 0 Å². The minimum absolute atomic E-state index is 0.0355. The van der Waals surface area contributed by atoms with E-state index in [-0.39, 0.29) is 24.2 Å². The van der Waals surface area contributed by atoms with Crippen LogP contribution in [0.15, 0.2) is 42.5 Å². The molecule has 2 aromatic rings. The van der Waals surface area contributed by atoms with Gasteiger partial charge >= 0.3 is 0 Å². The number of hydrazine groups is 1. The quantitative estimate of drug-likeness (QED) is 0.526. The van der Waals surface area contributed by atoms with Gasteiger partial charge in [0.05, 0.1) is 20.0 Å². The van der Waals surface area contributed by atoms with Gasteiger partial charge < -0.3 is 14.8 Å². The van der Waals surface area contributed by atoms with E-state index in [1.165, 1.54) is 4.31 Å². The number of sulfonamides is 1. The smallest absolute Gasteiger partial charge is 0.238 e. The molecular formula is C23H30N4O5S. The average molecular weight is 475 g/mol. The minimum Gasteiger partial charge on any atom is -0.497 e. The van der Waals surface area contributed by atoms with Crippen molar-refractivity contribution in [2.24, 2.45) is 0 Å². The van der Waals surface area contributed by atoms with Crippen LogP contribution in [0.5, 0.6) is 11.5 Å². The van der Waals surface area contributed by atoms with Gasteiger partial charge in [-0.15, -0.1) is 0 Å². The van der Waals surface area contributed by atoms with E-state index in [9.17, 15) is 13.2 Å². The number of hydrogen-bond donors (Lipinski definition) is 3. The molecule has 0 aromatic heterocycles. The van der Waals surface area contributed by atoms with Crippen LogP contribution in [0.25, 0.3) is 0 Å². The molecule has 178 valence electrons. The van der Waals surface area contributed by atoms with E-state index in [1.54, 1.807) is 14.2 Å². The van der Waals surface area contributed by atoms with Gasteiger partial charge in [0.2, 0.25) is 15.9 Å². The maximum Gasteiger partial charge on any atom is 0.238 e. The van der Waals surface area contributed by atoms with Crippen LogP contribution in [0, 0.1) is 0 Å². The normalized spacial score (nSPS) is 20.8. The number of nitrogens with zero attached hydrogens (tertiary/aromatic N) is 1. The number of benzene rings is 2. The van der Waals surface area contributed by atoms with Gasteiger partial charge in [0.15, 0.2) is 0 Å². The first-order valence-electron chi connectivity index (χ1n) is 11.0. The highest BCUT2D eigenvalue weighted by molar-refractivity contribution is 7.89. The van der Waals surface area contributed by atoms with Crippen molar-refractivity contribution in [3.05, 3.63) is 59.2 Å². The number of nitrogens with one attached hydrogen (secondary N) is 3. The summed E-state index contributed by atoms with van der Waals surface area (Å²) in [7, 11) is -0.254. The Morgan fingerprint density at radius 2 is 1.88 bits per heavy atom. The third-order valence-corrected chi connectivity index (χ3v) is 7.98. The molecule has 4 rings (SSSR count). The summed E-state index contributed by atoms with van der Waals surface area (Å²) in [4.78, 5) is 12.6. The van der Waals surface area contributed by atoms with Crippen LogP contribution in [0.1, 0.15) is 29.2 Å². The van der Waals surface area contributed by atoms with E-state index >= 15 is 0 Å². The standard InChI is InChI=1S/C23H30N4O5S/c1-31-19-5-3-4-17(13-19)21-14-22(26-25-21)23(28)24-9-11-33(29,30)27-10-8-16-12-20(32-2)7-6-18(16)15-27/h3-7,12-13,21-22,25-26H,8-11,14-15H2,1-2H3,(H,24,28). The largest absolute Gasteiger partial charge is 0.497 e. The number of carbonyl (C=O) groups excluding carboxylic acids is 1. The highest BCUT2D eigenvalue weighted by Gasteiger charge is 2.31. The number of hydrogen-bond acceptors (Lipinski definition) is 7. The topological polar surface area (TPSA) is 109 Å². The molecule has 0 saturated carbocycles. The Morgan fingerprint density at radius 1 is 1.09 bits per heavy atom. The zero-order chi connectivity index (χ0) is 23.4. The molecule has 2 unspecified atom stereocenters. The van der Waals surface area contributed by atoms with Gasteiger partial charge in [0, 0.05) is 25.7 Å². The molecule has 2 heterocycles. The minimum atomic E-state index is -3.48. The van der Waals surface area contributed by atoms with Crippen molar-refractivity contribution in [3.8, 4) is 11.5 Å². The van der Waals surface area contributed by atoms with Gasteiger partial charge in [-0.25, -0.2) is 19.3 Å². The molecule has 0 bridgehead atoms. The summed E-state index contributed by atoms with van der Waals surface area (Å²) in [5, 5.41) is 2.76. The Kier molecular flexibility index (Phi) is 7.18. The predicted octanol–water partition coefficient (Wildman–Crippen LogP) is 1.12. The van der Waals surface area contributed by atoms with E-state index in [2.05, 4.69) is 16.2 Å². The number of carbonyl (C=O) groups is 1. The Balaban J connectivity index is 1.27. The number of rotatable bonds is 8. The van der Waals surface area contributed by atoms with Crippen LogP contribution in [0.4, 0.5) is 0 Å². The summed E-state index contributed by atoms with van der Waals surface area (Å²) in [5.41, 5.74) is 9.24. The number of fused-ring (bicyclic) bond motifs is 1. The molecule has 2 atom stereocenters. The third-order valence-electron chi connectivity index (χ3n) is 6.16. The fourth-order valence-electron chi connectivity index (χ4n) is 4.23. The summed E-state index contributed by atoms with van der Waals surface area (Å²) < 4.78 is 37.7. The lowest BCUT2D eigenvalue weighted by Crippen LogP contribution is -2.45. The number of ether oxygens (including phenoxy) is 2. The van der Waals surface area contributed by atoms with Crippen molar-refractivity contribution in [2.75, 3.05) is 33.1 Å². The molecule has 33 heavy (non-hydrogen) atoms. The Bertz CT molecular complexity index is 1110. The lowest BCUT2D eigenvalue weighted by molar-refractivity contribution is -0.122. The van der Waals surface area contributed by atoms with Gasteiger partial charge in [-0.05, 0) is 53.8 Å². The SMILES string of the molecule is COc1cccc(C2CC(C(=O)NCCS(=O)(=O)N3CCc4cc(OC)ccc4C3)NN2)c1.